The second kappa shape index (κ2) is 7.70. The summed E-state index contributed by atoms with van der Waals surface area (Å²) in [6, 6.07) is 14.6. The summed E-state index contributed by atoms with van der Waals surface area (Å²) >= 11 is 6.06. The number of carbonyl (C=O) groups excluding carboxylic acids is 1. The molecule has 0 aromatic heterocycles. The van der Waals surface area contributed by atoms with Crippen molar-refractivity contribution in [2.24, 2.45) is 0 Å². The average Bonchev–Trinajstić information content (AvgIpc) is 2.52. The Balaban J connectivity index is 1.98. The predicted octanol–water partition coefficient (Wildman–Crippen LogP) is 4.06. The van der Waals surface area contributed by atoms with Gasteiger partial charge in [0.25, 0.3) is 5.91 Å². The van der Waals surface area contributed by atoms with Gasteiger partial charge in [-0.1, -0.05) is 42.8 Å². The highest BCUT2D eigenvalue weighted by Gasteiger charge is 2.07. The zero-order chi connectivity index (χ0) is 15.1. The fraction of sp³-hybridized carbons (Fsp3) is 0.235. The van der Waals surface area contributed by atoms with Gasteiger partial charge in [0.05, 0.1) is 6.61 Å². The number of ether oxygens (including phenoxy) is 1. The quantitative estimate of drug-likeness (QED) is 0.874. The molecule has 21 heavy (non-hydrogen) atoms. The van der Waals surface area contributed by atoms with Crippen LogP contribution in [0, 0.1) is 0 Å². The summed E-state index contributed by atoms with van der Waals surface area (Å²) in [5.74, 6) is 0.569. The molecule has 3 nitrogen and oxygen atoms in total. The first-order chi connectivity index (χ1) is 10.2. The molecule has 0 aliphatic heterocycles. The Bertz CT molecular complexity index is 613. The van der Waals surface area contributed by atoms with Crippen molar-refractivity contribution in [2.45, 2.75) is 19.9 Å². The molecule has 2 aromatic carbocycles. The third-order valence-electron chi connectivity index (χ3n) is 2.97. The number of hydrogen-bond acceptors (Lipinski definition) is 2. The number of carbonyl (C=O) groups is 1. The van der Waals surface area contributed by atoms with Crippen molar-refractivity contribution in [3.05, 3.63) is 64.7 Å². The van der Waals surface area contributed by atoms with Gasteiger partial charge < -0.3 is 10.1 Å². The van der Waals surface area contributed by atoms with Gasteiger partial charge in [-0.3, -0.25) is 4.79 Å². The van der Waals surface area contributed by atoms with Gasteiger partial charge in [0.15, 0.2) is 0 Å². The minimum absolute atomic E-state index is 0.142. The van der Waals surface area contributed by atoms with Crippen molar-refractivity contribution in [1.82, 2.24) is 5.32 Å². The maximum absolute atomic E-state index is 12.1. The summed E-state index contributed by atoms with van der Waals surface area (Å²) in [6.45, 7) is 3.09. The molecular weight excluding hydrogens is 286 g/mol. The molecule has 4 heteroatoms. The van der Waals surface area contributed by atoms with E-state index in [9.17, 15) is 4.79 Å². The zero-order valence-corrected chi connectivity index (χ0v) is 12.7. The molecule has 1 amide bonds. The average molecular weight is 304 g/mol. The third kappa shape index (κ3) is 4.50. The highest BCUT2D eigenvalue weighted by atomic mass is 35.5. The molecular formula is C17H18ClNO2. The van der Waals surface area contributed by atoms with E-state index in [0.717, 1.165) is 12.0 Å². The molecule has 0 aliphatic carbocycles. The predicted molar refractivity (Wildman–Crippen MR) is 84.9 cm³/mol. The number of amides is 1. The van der Waals surface area contributed by atoms with Crippen molar-refractivity contribution in [3.63, 3.8) is 0 Å². The number of rotatable bonds is 6. The van der Waals surface area contributed by atoms with E-state index in [-0.39, 0.29) is 5.91 Å². The zero-order valence-electron chi connectivity index (χ0n) is 11.9. The molecule has 1 N–H and O–H groups in total. The first kappa shape index (κ1) is 15.4. The molecule has 2 aromatic rings. The van der Waals surface area contributed by atoms with E-state index in [1.165, 1.54) is 0 Å². The summed E-state index contributed by atoms with van der Waals surface area (Å²) in [5.41, 5.74) is 1.47. The summed E-state index contributed by atoms with van der Waals surface area (Å²) in [6.07, 6.45) is 0.933. The molecule has 0 fully saturated rings. The number of halogens is 1. The fourth-order valence-corrected chi connectivity index (χ4v) is 2.07. The van der Waals surface area contributed by atoms with Crippen molar-refractivity contribution in [2.75, 3.05) is 6.61 Å². The molecule has 0 radical (unpaired) electrons. The van der Waals surface area contributed by atoms with Crippen LogP contribution in [0.1, 0.15) is 29.3 Å². The van der Waals surface area contributed by atoms with Gasteiger partial charge in [0, 0.05) is 17.1 Å². The van der Waals surface area contributed by atoms with Crippen LogP contribution in [0.5, 0.6) is 5.75 Å². The summed E-state index contributed by atoms with van der Waals surface area (Å²) in [5, 5.41) is 3.51. The Morgan fingerprint density at radius 1 is 1.19 bits per heavy atom. The molecule has 0 atom stereocenters. The maximum atomic E-state index is 12.1. The van der Waals surface area contributed by atoms with Crippen molar-refractivity contribution in [3.8, 4) is 5.75 Å². The minimum Gasteiger partial charge on any atom is -0.494 e. The van der Waals surface area contributed by atoms with Gasteiger partial charge in [-0.15, -0.1) is 0 Å². The Morgan fingerprint density at radius 3 is 2.76 bits per heavy atom. The lowest BCUT2D eigenvalue weighted by molar-refractivity contribution is 0.0950. The van der Waals surface area contributed by atoms with E-state index in [4.69, 9.17) is 16.3 Å². The minimum atomic E-state index is -0.142. The lowest BCUT2D eigenvalue weighted by Gasteiger charge is -2.09. The second-order valence-corrected chi connectivity index (χ2v) is 5.06. The van der Waals surface area contributed by atoms with Gasteiger partial charge in [-0.05, 0) is 36.2 Å². The first-order valence-corrected chi connectivity index (χ1v) is 7.33. The highest BCUT2D eigenvalue weighted by Crippen LogP contribution is 2.16. The molecule has 0 aliphatic rings. The number of hydrogen-bond donors (Lipinski definition) is 1. The highest BCUT2D eigenvalue weighted by molar-refractivity contribution is 6.31. The molecule has 0 heterocycles. The SMILES string of the molecule is CCCOc1cccc(C(=O)NCc2ccccc2Cl)c1. The summed E-state index contributed by atoms with van der Waals surface area (Å²) in [4.78, 5) is 12.1. The number of nitrogens with one attached hydrogen (secondary N) is 1. The molecule has 110 valence electrons. The van der Waals surface area contributed by atoms with Crippen LogP contribution in [0.25, 0.3) is 0 Å². The van der Waals surface area contributed by atoms with Gasteiger partial charge in [0.1, 0.15) is 5.75 Å². The monoisotopic (exact) mass is 303 g/mol. The lowest BCUT2D eigenvalue weighted by Crippen LogP contribution is -2.22. The molecule has 0 saturated carbocycles. The van der Waals surface area contributed by atoms with E-state index in [1.807, 2.05) is 43.3 Å². The van der Waals surface area contributed by atoms with Crippen LogP contribution in [-0.2, 0) is 6.54 Å². The van der Waals surface area contributed by atoms with Crippen LogP contribution in [0.2, 0.25) is 5.02 Å². The van der Waals surface area contributed by atoms with Crippen molar-refractivity contribution in [1.29, 1.82) is 0 Å². The largest absolute Gasteiger partial charge is 0.494 e. The van der Waals surface area contributed by atoms with E-state index in [1.54, 1.807) is 12.1 Å². The lowest BCUT2D eigenvalue weighted by atomic mass is 10.2. The van der Waals surface area contributed by atoms with Crippen LogP contribution in [-0.4, -0.2) is 12.5 Å². The topological polar surface area (TPSA) is 38.3 Å². The molecule has 0 bridgehead atoms. The standard InChI is InChI=1S/C17H18ClNO2/c1-2-10-21-15-8-5-7-13(11-15)17(20)19-12-14-6-3-4-9-16(14)18/h3-9,11H,2,10,12H2,1H3,(H,19,20). The van der Waals surface area contributed by atoms with E-state index >= 15 is 0 Å². The first-order valence-electron chi connectivity index (χ1n) is 6.95. The molecule has 0 spiro atoms. The Kier molecular flexibility index (Phi) is 5.64. The van der Waals surface area contributed by atoms with Crippen LogP contribution < -0.4 is 10.1 Å². The smallest absolute Gasteiger partial charge is 0.251 e. The van der Waals surface area contributed by atoms with Crippen LogP contribution in [0.15, 0.2) is 48.5 Å². The second-order valence-electron chi connectivity index (χ2n) is 4.65. The van der Waals surface area contributed by atoms with Gasteiger partial charge in [-0.25, -0.2) is 0 Å². The maximum Gasteiger partial charge on any atom is 0.251 e. The van der Waals surface area contributed by atoms with Gasteiger partial charge >= 0.3 is 0 Å². The summed E-state index contributed by atoms with van der Waals surface area (Å²) in [7, 11) is 0. The number of benzene rings is 2. The van der Waals surface area contributed by atoms with Crippen LogP contribution in [0.3, 0.4) is 0 Å². The van der Waals surface area contributed by atoms with Gasteiger partial charge in [0.2, 0.25) is 0 Å². The Hall–Kier alpha value is -2.00. The molecule has 0 unspecified atom stereocenters. The van der Waals surface area contributed by atoms with E-state index in [2.05, 4.69) is 5.32 Å². The van der Waals surface area contributed by atoms with Gasteiger partial charge in [-0.2, -0.15) is 0 Å². The Morgan fingerprint density at radius 2 is 2.00 bits per heavy atom. The van der Waals surface area contributed by atoms with E-state index < -0.39 is 0 Å². The summed E-state index contributed by atoms with van der Waals surface area (Å²) < 4.78 is 5.53. The third-order valence-corrected chi connectivity index (χ3v) is 3.34. The normalized spacial score (nSPS) is 10.2. The fourth-order valence-electron chi connectivity index (χ4n) is 1.87. The van der Waals surface area contributed by atoms with Crippen molar-refractivity contribution >= 4 is 17.5 Å². The van der Waals surface area contributed by atoms with Crippen molar-refractivity contribution < 1.29 is 9.53 Å². The Labute approximate surface area is 129 Å². The van der Waals surface area contributed by atoms with E-state index in [0.29, 0.717) is 29.5 Å². The van der Waals surface area contributed by atoms with Crippen LogP contribution in [0.4, 0.5) is 0 Å². The van der Waals surface area contributed by atoms with Crippen LogP contribution >= 0.6 is 11.6 Å². The molecule has 2 rings (SSSR count). The molecule has 0 saturated heterocycles.